The molecule has 1 unspecified atom stereocenters. The summed E-state index contributed by atoms with van der Waals surface area (Å²) >= 11 is 0. The zero-order chi connectivity index (χ0) is 31.7. The van der Waals surface area contributed by atoms with Gasteiger partial charge >= 0.3 is 0 Å². The van der Waals surface area contributed by atoms with E-state index in [4.69, 9.17) is 27.3 Å². The van der Waals surface area contributed by atoms with Crippen LogP contribution < -0.4 is 17.0 Å². The van der Waals surface area contributed by atoms with Crippen LogP contribution in [0.4, 0.5) is 0 Å². The average Bonchev–Trinajstić information content (AvgIpc) is 3.42. The van der Waals surface area contributed by atoms with Crippen LogP contribution in [-0.4, -0.2) is 25.8 Å². The Balaban J connectivity index is 1.39. The Morgan fingerprint density at radius 1 is 0.933 bits per heavy atom. The fourth-order valence-electron chi connectivity index (χ4n) is 6.16. The van der Waals surface area contributed by atoms with Crippen molar-refractivity contribution in [1.82, 2.24) is 14.1 Å². The third kappa shape index (κ3) is 5.74. The van der Waals surface area contributed by atoms with Gasteiger partial charge in [0.15, 0.2) is 0 Å². The van der Waals surface area contributed by atoms with Gasteiger partial charge in [0.2, 0.25) is 0 Å². The second kappa shape index (κ2) is 11.9. The monoisotopic (exact) mass is 595 g/mol. The Hall–Kier alpha value is -5.50. The molecule has 0 saturated carbocycles. The lowest BCUT2D eigenvalue weighted by Crippen LogP contribution is -2.42. The summed E-state index contributed by atoms with van der Waals surface area (Å²) in [6, 6.07) is 27.8. The Morgan fingerprint density at radius 3 is 2.36 bits per heavy atom. The molecular formula is C37H37N7O. The Bertz CT molecular complexity index is 2050. The number of rotatable bonds is 9. The molecule has 0 fully saturated rings. The minimum absolute atomic E-state index is 0.0225. The molecule has 3 aromatic carbocycles. The van der Waals surface area contributed by atoms with Gasteiger partial charge in [0.25, 0.3) is 5.56 Å². The first kappa shape index (κ1) is 29.6. The van der Waals surface area contributed by atoms with E-state index in [0.29, 0.717) is 29.6 Å². The van der Waals surface area contributed by atoms with Gasteiger partial charge in [0.1, 0.15) is 23.0 Å². The second-order valence-corrected chi connectivity index (χ2v) is 12.1. The zero-order valence-corrected chi connectivity index (χ0v) is 25.5. The zero-order valence-electron chi connectivity index (χ0n) is 25.5. The molecule has 0 spiro atoms. The molecule has 8 nitrogen and oxygen atoms in total. The van der Waals surface area contributed by atoms with E-state index in [1.54, 1.807) is 10.8 Å². The van der Waals surface area contributed by atoms with Gasteiger partial charge in [-0.15, -0.1) is 0 Å². The number of allylic oxidation sites excluding steroid dienone is 3. The van der Waals surface area contributed by atoms with E-state index < -0.39 is 5.41 Å². The number of imidazole rings is 1. The number of nitrogens with zero attached hydrogens (tertiary/aromatic N) is 3. The lowest BCUT2D eigenvalue weighted by Gasteiger charge is -2.33. The average molecular weight is 596 g/mol. The van der Waals surface area contributed by atoms with Gasteiger partial charge in [-0.2, -0.15) is 0 Å². The second-order valence-electron chi connectivity index (χ2n) is 12.1. The van der Waals surface area contributed by atoms with Crippen molar-refractivity contribution >= 4 is 28.3 Å². The number of nitrogens with one attached hydrogen (secondary N) is 2. The van der Waals surface area contributed by atoms with E-state index in [2.05, 4.69) is 38.1 Å². The minimum atomic E-state index is -0.841. The topological polar surface area (TPSA) is 140 Å². The third-order valence-corrected chi connectivity index (χ3v) is 8.54. The molecule has 5 aromatic rings. The van der Waals surface area contributed by atoms with Gasteiger partial charge in [-0.1, -0.05) is 98.8 Å². The Labute approximate surface area is 262 Å². The highest BCUT2D eigenvalue weighted by atomic mass is 16.1. The maximum Gasteiger partial charge on any atom is 0.276 e. The van der Waals surface area contributed by atoms with Crippen molar-refractivity contribution in [3.63, 3.8) is 0 Å². The van der Waals surface area contributed by atoms with Gasteiger partial charge in [0, 0.05) is 30.8 Å². The molecule has 1 aliphatic rings. The van der Waals surface area contributed by atoms with Crippen LogP contribution in [0.15, 0.2) is 114 Å². The molecule has 0 amide bonds. The van der Waals surface area contributed by atoms with E-state index in [1.165, 1.54) is 0 Å². The molecule has 8 heteroatoms. The van der Waals surface area contributed by atoms with Crippen molar-refractivity contribution in [1.29, 1.82) is 10.8 Å². The van der Waals surface area contributed by atoms with E-state index in [1.807, 2.05) is 83.4 Å². The predicted octanol–water partition coefficient (Wildman–Crippen LogP) is 6.29. The molecule has 1 aliphatic carbocycles. The molecule has 2 heterocycles. The van der Waals surface area contributed by atoms with Crippen molar-refractivity contribution in [2.45, 2.75) is 39.3 Å². The summed E-state index contributed by atoms with van der Waals surface area (Å²) < 4.78 is 3.70. The van der Waals surface area contributed by atoms with Crippen LogP contribution >= 0.6 is 0 Å². The van der Waals surface area contributed by atoms with Gasteiger partial charge in [-0.05, 0) is 52.4 Å². The largest absolute Gasteiger partial charge is 0.387 e. The van der Waals surface area contributed by atoms with E-state index in [9.17, 15) is 4.79 Å². The summed E-state index contributed by atoms with van der Waals surface area (Å²) in [4.78, 5) is 19.2. The maximum absolute atomic E-state index is 14.3. The predicted molar refractivity (Wildman–Crippen MR) is 183 cm³/mol. The highest BCUT2D eigenvalue weighted by Gasteiger charge is 2.35. The van der Waals surface area contributed by atoms with Crippen LogP contribution in [0.2, 0.25) is 0 Å². The highest BCUT2D eigenvalue weighted by Crippen LogP contribution is 2.38. The fourth-order valence-corrected chi connectivity index (χ4v) is 6.16. The van der Waals surface area contributed by atoms with Crippen LogP contribution in [0.25, 0.3) is 27.7 Å². The highest BCUT2D eigenvalue weighted by molar-refractivity contribution is 5.96. The molecule has 6 rings (SSSR count). The number of pyridine rings is 1. The normalized spacial score (nSPS) is 16.2. The van der Waals surface area contributed by atoms with Gasteiger partial charge < -0.3 is 20.6 Å². The van der Waals surface area contributed by atoms with Gasteiger partial charge in [-0.3, -0.25) is 15.6 Å². The number of aromatic nitrogens is 3. The molecule has 0 bridgehead atoms. The number of nitrogen functional groups attached to an aromatic ring is 1. The minimum Gasteiger partial charge on any atom is -0.387 e. The molecule has 1 atom stereocenters. The number of hydrogen-bond donors (Lipinski definition) is 4. The summed E-state index contributed by atoms with van der Waals surface area (Å²) in [5.41, 5.74) is 18.0. The van der Waals surface area contributed by atoms with Gasteiger partial charge in [0.05, 0.1) is 10.9 Å². The number of hydrogen-bond acceptors (Lipinski definition) is 4. The maximum atomic E-state index is 14.3. The summed E-state index contributed by atoms with van der Waals surface area (Å²) in [6.07, 6.45) is 8.23. The van der Waals surface area contributed by atoms with Gasteiger partial charge in [-0.25, -0.2) is 4.98 Å². The van der Waals surface area contributed by atoms with Crippen molar-refractivity contribution in [3.8, 4) is 11.1 Å². The summed E-state index contributed by atoms with van der Waals surface area (Å²) in [5.74, 6) is 0.966. The van der Waals surface area contributed by atoms with Crippen molar-refractivity contribution in [2.75, 3.05) is 0 Å². The molecule has 6 N–H and O–H groups in total. The number of amidine groups is 2. The van der Waals surface area contributed by atoms with Crippen LogP contribution in [0.1, 0.15) is 48.7 Å². The third-order valence-electron chi connectivity index (χ3n) is 8.54. The number of benzene rings is 3. The van der Waals surface area contributed by atoms with E-state index in [0.717, 1.165) is 33.7 Å². The first-order valence-electron chi connectivity index (χ1n) is 15.1. The van der Waals surface area contributed by atoms with Crippen LogP contribution in [0.5, 0.6) is 0 Å². The lowest BCUT2D eigenvalue weighted by molar-refractivity contribution is 0.435. The van der Waals surface area contributed by atoms with Crippen molar-refractivity contribution < 1.29 is 0 Å². The Morgan fingerprint density at radius 2 is 1.64 bits per heavy atom. The SMILES string of the molecule is CC(C)c1nc2ccn(CC3(C(=N)N)C=CC=C(c4ccccc4)C3)c(=O)c2n1Cc1cccc(-c2cccc(C(=N)N)c2)c1. The number of fused-ring (bicyclic) bond motifs is 1. The van der Waals surface area contributed by atoms with Crippen LogP contribution in [-0.2, 0) is 13.1 Å². The molecular weight excluding hydrogens is 558 g/mol. The van der Waals surface area contributed by atoms with E-state index in [-0.39, 0.29) is 29.7 Å². The molecule has 0 radical (unpaired) electrons. The quantitative estimate of drug-likeness (QED) is 0.117. The first-order chi connectivity index (χ1) is 21.6. The standard InChI is InChI=1S/C37H37N7O/c1-24(2)34-42-31-16-18-43(23-37(36(40)41)17-8-15-30(21-37)26-10-4-3-5-11-26)35(45)32(31)44(34)22-25-9-6-12-27(19-25)28-13-7-14-29(20-28)33(38)39/h3-20,24H,21-23H2,1-2H3,(H3,38,39)(H3,40,41). The van der Waals surface area contributed by atoms with Crippen molar-refractivity contribution in [3.05, 3.63) is 142 Å². The first-order valence-corrected chi connectivity index (χ1v) is 15.1. The molecule has 226 valence electrons. The summed E-state index contributed by atoms with van der Waals surface area (Å²) in [6.45, 7) is 4.86. The van der Waals surface area contributed by atoms with Crippen LogP contribution in [0.3, 0.4) is 0 Å². The summed E-state index contributed by atoms with van der Waals surface area (Å²) in [7, 11) is 0. The molecule has 2 aromatic heterocycles. The van der Waals surface area contributed by atoms with Crippen LogP contribution in [0, 0.1) is 16.2 Å². The van der Waals surface area contributed by atoms with E-state index >= 15 is 0 Å². The molecule has 0 saturated heterocycles. The number of nitrogens with two attached hydrogens (primary N) is 2. The summed E-state index contributed by atoms with van der Waals surface area (Å²) in [5, 5.41) is 16.4. The molecule has 0 aliphatic heterocycles. The fraction of sp³-hybridized carbons (Fsp3) is 0.189. The Kier molecular flexibility index (Phi) is 7.81. The lowest BCUT2D eigenvalue weighted by atomic mass is 9.75. The smallest absolute Gasteiger partial charge is 0.276 e. The molecule has 45 heavy (non-hydrogen) atoms. The van der Waals surface area contributed by atoms with Crippen molar-refractivity contribution in [2.24, 2.45) is 16.9 Å².